The van der Waals surface area contributed by atoms with Crippen LogP contribution in [0.15, 0.2) is 29.3 Å². The SMILES string of the molecule is COCCn1ncc(-c2nc(N(C)c3c(F)cc(SC)cc3F)nc(Nc3cc(C4CC4)[nH]n3)c2C2CC2)c1C. The molecule has 210 valence electrons. The summed E-state index contributed by atoms with van der Waals surface area (Å²) in [5.74, 6) is 0.813. The van der Waals surface area contributed by atoms with Crippen LogP contribution in [-0.4, -0.2) is 57.0 Å². The van der Waals surface area contributed by atoms with Gasteiger partial charge in [0.25, 0.3) is 0 Å². The monoisotopic (exact) mass is 566 g/mol. The lowest BCUT2D eigenvalue weighted by Gasteiger charge is -2.22. The van der Waals surface area contributed by atoms with Gasteiger partial charge in [0.1, 0.15) is 11.5 Å². The average molecular weight is 567 g/mol. The van der Waals surface area contributed by atoms with Gasteiger partial charge in [-0.3, -0.25) is 9.78 Å². The number of hydrogen-bond donors (Lipinski definition) is 2. The number of halogens is 2. The molecule has 4 aromatic rings. The van der Waals surface area contributed by atoms with E-state index in [-0.39, 0.29) is 17.6 Å². The van der Waals surface area contributed by atoms with Gasteiger partial charge in [0, 0.05) is 53.6 Å². The summed E-state index contributed by atoms with van der Waals surface area (Å²) in [5, 5.41) is 15.6. The van der Waals surface area contributed by atoms with Gasteiger partial charge in [-0.15, -0.1) is 11.8 Å². The molecule has 0 amide bonds. The zero-order chi connectivity index (χ0) is 28.0. The number of hydrogen-bond acceptors (Lipinski definition) is 8. The van der Waals surface area contributed by atoms with Crippen LogP contribution >= 0.6 is 11.8 Å². The molecule has 6 rings (SSSR count). The van der Waals surface area contributed by atoms with Crippen molar-refractivity contribution >= 4 is 35.0 Å². The number of methoxy groups -OCH3 is 1. The molecule has 3 aromatic heterocycles. The van der Waals surface area contributed by atoms with E-state index in [4.69, 9.17) is 14.7 Å². The lowest BCUT2D eigenvalue weighted by Crippen LogP contribution is -2.18. The van der Waals surface area contributed by atoms with Crippen molar-refractivity contribution in [2.75, 3.05) is 37.2 Å². The van der Waals surface area contributed by atoms with Crippen molar-refractivity contribution < 1.29 is 13.5 Å². The van der Waals surface area contributed by atoms with Gasteiger partial charge in [0.2, 0.25) is 5.95 Å². The molecular weight excluding hydrogens is 534 g/mol. The fourth-order valence-electron chi connectivity index (χ4n) is 4.96. The maximum Gasteiger partial charge on any atom is 0.232 e. The first-order valence-electron chi connectivity index (χ1n) is 13.4. The second-order valence-corrected chi connectivity index (χ2v) is 11.3. The Morgan fingerprint density at radius 3 is 2.50 bits per heavy atom. The van der Waals surface area contributed by atoms with E-state index in [1.807, 2.05) is 17.7 Å². The summed E-state index contributed by atoms with van der Waals surface area (Å²) in [6.45, 7) is 3.11. The summed E-state index contributed by atoms with van der Waals surface area (Å²) in [4.78, 5) is 11.6. The number of nitrogens with one attached hydrogen (secondary N) is 2. The van der Waals surface area contributed by atoms with Crippen LogP contribution < -0.4 is 10.2 Å². The Kier molecular flexibility index (Phi) is 7.22. The van der Waals surface area contributed by atoms with Crippen molar-refractivity contribution in [2.24, 2.45) is 0 Å². The highest BCUT2D eigenvalue weighted by Crippen LogP contribution is 2.49. The van der Waals surface area contributed by atoms with Crippen molar-refractivity contribution in [3.63, 3.8) is 0 Å². The van der Waals surface area contributed by atoms with E-state index in [0.717, 1.165) is 48.2 Å². The van der Waals surface area contributed by atoms with Crippen molar-refractivity contribution in [1.82, 2.24) is 29.9 Å². The van der Waals surface area contributed by atoms with E-state index in [9.17, 15) is 0 Å². The van der Waals surface area contributed by atoms with Crippen molar-refractivity contribution in [2.45, 2.75) is 55.9 Å². The Morgan fingerprint density at radius 1 is 1.12 bits per heavy atom. The van der Waals surface area contributed by atoms with Crippen LogP contribution in [0.3, 0.4) is 0 Å². The normalized spacial score (nSPS) is 15.1. The number of ether oxygens (including phenoxy) is 1. The molecule has 40 heavy (non-hydrogen) atoms. The molecule has 0 saturated heterocycles. The zero-order valence-corrected chi connectivity index (χ0v) is 23.8. The molecule has 0 bridgehead atoms. The Bertz CT molecular complexity index is 1520. The summed E-state index contributed by atoms with van der Waals surface area (Å²) in [6.07, 6.45) is 7.89. The van der Waals surface area contributed by atoms with Crippen molar-refractivity contribution in [3.8, 4) is 11.3 Å². The number of benzene rings is 1. The lowest BCUT2D eigenvalue weighted by molar-refractivity contribution is 0.183. The molecule has 9 nitrogen and oxygen atoms in total. The number of rotatable bonds is 11. The molecule has 2 aliphatic carbocycles. The van der Waals surface area contributed by atoms with Crippen LogP contribution in [-0.2, 0) is 11.3 Å². The van der Waals surface area contributed by atoms with E-state index in [1.165, 1.54) is 28.8 Å². The zero-order valence-electron chi connectivity index (χ0n) is 23.0. The van der Waals surface area contributed by atoms with E-state index < -0.39 is 11.6 Å². The Hall–Kier alpha value is -3.51. The molecule has 1 aromatic carbocycles. The van der Waals surface area contributed by atoms with E-state index >= 15 is 8.78 Å². The molecular formula is C28H32F2N8OS. The maximum atomic E-state index is 15.2. The highest BCUT2D eigenvalue weighted by Gasteiger charge is 2.34. The number of aromatic amines is 1. The summed E-state index contributed by atoms with van der Waals surface area (Å²) in [5.41, 5.74) is 4.31. The van der Waals surface area contributed by atoms with Gasteiger partial charge in [-0.2, -0.15) is 15.2 Å². The molecule has 2 aliphatic rings. The Labute approximate surface area is 235 Å². The summed E-state index contributed by atoms with van der Waals surface area (Å²) >= 11 is 1.28. The van der Waals surface area contributed by atoms with Crippen LogP contribution in [0.1, 0.15) is 54.5 Å². The smallest absolute Gasteiger partial charge is 0.232 e. The first-order valence-corrected chi connectivity index (χ1v) is 14.6. The van der Waals surface area contributed by atoms with Gasteiger partial charge in [0.05, 0.1) is 25.0 Å². The van der Waals surface area contributed by atoms with Crippen molar-refractivity contribution in [1.29, 1.82) is 0 Å². The molecule has 3 heterocycles. The molecule has 0 unspecified atom stereocenters. The third-order valence-electron chi connectivity index (χ3n) is 7.51. The number of aromatic nitrogens is 6. The topological polar surface area (TPSA) is 96.8 Å². The van der Waals surface area contributed by atoms with Gasteiger partial charge in [0.15, 0.2) is 17.5 Å². The number of nitrogens with zero attached hydrogens (tertiary/aromatic N) is 6. The van der Waals surface area contributed by atoms with Gasteiger partial charge in [-0.1, -0.05) is 0 Å². The fourth-order valence-corrected chi connectivity index (χ4v) is 5.40. The third-order valence-corrected chi connectivity index (χ3v) is 8.21. The van der Waals surface area contributed by atoms with Gasteiger partial charge in [-0.05, 0) is 56.9 Å². The van der Waals surface area contributed by atoms with Crippen LogP contribution in [0, 0.1) is 18.6 Å². The average Bonchev–Trinajstić information content (AvgIpc) is 3.88. The first kappa shape index (κ1) is 26.7. The fraction of sp³-hybridized carbons (Fsp3) is 0.429. The minimum Gasteiger partial charge on any atom is -0.383 e. The van der Waals surface area contributed by atoms with Crippen LogP contribution in [0.2, 0.25) is 0 Å². The second-order valence-electron chi connectivity index (χ2n) is 10.4. The van der Waals surface area contributed by atoms with Crippen LogP contribution in [0.5, 0.6) is 0 Å². The minimum absolute atomic E-state index is 0.165. The number of anilines is 4. The summed E-state index contributed by atoms with van der Waals surface area (Å²) < 4.78 is 37.5. The van der Waals surface area contributed by atoms with E-state index in [1.54, 1.807) is 26.6 Å². The van der Waals surface area contributed by atoms with Gasteiger partial charge in [-0.25, -0.2) is 13.8 Å². The molecule has 0 atom stereocenters. The lowest BCUT2D eigenvalue weighted by atomic mass is 10.0. The Morgan fingerprint density at radius 2 is 1.85 bits per heavy atom. The highest BCUT2D eigenvalue weighted by molar-refractivity contribution is 7.98. The molecule has 0 aliphatic heterocycles. The van der Waals surface area contributed by atoms with Crippen molar-refractivity contribution in [3.05, 3.63) is 53.0 Å². The summed E-state index contributed by atoms with van der Waals surface area (Å²) in [6, 6.07) is 4.66. The maximum absolute atomic E-state index is 15.2. The van der Waals surface area contributed by atoms with Crippen LogP contribution in [0.4, 0.5) is 32.1 Å². The summed E-state index contributed by atoms with van der Waals surface area (Å²) in [7, 11) is 3.23. The van der Waals surface area contributed by atoms with E-state index in [0.29, 0.717) is 41.3 Å². The first-order chi connectivity index (χ1) is 19.4. The van der Waals surface area contributed by atoms with E-state index in [2.05, 4.69) is 20.6 Å². The van der Waals surface area contributed by atoms with Gasteiger partial charge < -0.3 is 15.0 Å². The predicted octanol–water partition coefficient (Wildman–Crippen LogP) is 6.28. The highest BCUT2D eigenvalue weighted by atomic mass is 32.2. The largest absolute Gasteiger partial charge is 0.383 e. The quantitative estimate of drug-likeness (QED) is 0.205. The Balaban J connectivity index is 1.49. The number of H-pyrrole nitrogens is 1. The second kappa shape index (κ2) is 10.8. The molecule has 2 fully saturated rings. The molecule has 0 radical (unpaired) electrons. The standard InChI is InChI=1S/C28H32F2N8OS/c1-15-19(14-31-38(15)9-10-39-3)25-24(17-7-8-17)27(32-23-13-22(35-36-23)16-5-6-16)34-28(33-25)37(2)26-20(29)11-18(40-4)12-21(26)30/h11-14,16-17H,5-10H2,1-4H3,(H2,32,33,34,35,36). The number of thioether (sulfide) groups is 1. The minimum atomic E-state index is -0.678. The third kappa shape index (κ3) is 5.17. The molecule has 2 N–H and O–H groups in total. The molecule has 2 saturated carbocycles. The van der Waals surface area contributed by atoms with Gasteiger partial charge >= 0.3 is 0 Å². The molecule has 0 spiro atoms. The van der Waals surface area contributed by atoms with Crippen LogP contribution in [0.25, 0.3) is 11.3 Å². The molecule has 12 heteroatoms. The predicted molar refractivity (Wildman–Crippen MR) is 152 cm³/mol.